The Morgan fingerprint density at radius 3 is 2.42 bits per heavy atom. The summed E-state index contributed by atoms with van der Waals surface area (Å²) in [6.07, 6.45) is 1.89. The fraction of sp³-hybridized carbons (Fsp3) is 0.0400. The number of amides is 1. The number of carbonyl (C=O) groups is 2. The van der Waals surface area contributed by atoms with E-state index >= 15 is 0 Å². The number of carbonyl (C=O) groups excluding carboxylic acids is 2. The summed E-state index contributed by atoms with van der Waals surface area (Å²) in [5.74, 6) is -0.716. The van der Waals surface area contributed by atoms with Gasteiger partial charge >= 0.3 is 0 Å². The van der Waals surface area contributed by atoms with Crippen LogP contribution in [-0.2, 0) is 7.05 Å². The molecule has 0 unspecified atom stereocenters. The molecule has 8 heteroatoms. The van der Waals surface area contributed by atoms with E-state index in [9.17, 15) is 14.4 Å². The van der Waals surface area contributed by atoms with E-state index in [4.69, 9.17) is 0 Å². The van der Waals surface area contributed by atoms with Crippen molar-refractivity contribution >= 4 is 22.5 Å². The Hall–Kier alpha value is -4.72. The lowest BCUT2D eigenvalue weighted by atomic mass is 10.0. The minimum atomic E-state index is -0.542. The third-order valence-electron chi connectivity index (χ3n) is 5.99. The fourth-order valence-electron chi connectivity index (χ4n) is 4.42. The van der Waals surface area contributed by atoms with E-state index in [2.05, 4.69) is 15.6 Å². The van der Waals surface area contributed by atoms with Crippen molar-refractivity contribution in [2.45, 2.75) is 0 Å². The van der Waals surface area contributed by atoms with Gasteiger partial charge in [-0.1, -0.05) is 42.5 Å². The molecular formula is C25H17N5O3. The largest absolute Gasteiger partial charge is 0.349 e. The maximum atomic E-state index is 13.4. The van der Waals surface area contributed by atoms with Gasteiger partial charge in [-0.15, -0.1) is 0 Å². The molecule has 0 saturated heterocycles. The lowest BCUT2D eigenvalue weighted by molar-refractivity contribution is 0.0999. The van der Waals surface area contributed by atoms with Crippen molar-refractivity contribution in [3.63, 3.8) is 0 Å². The van der Waals surface area contributed by atoms with Crippen LogP contribution in [0.4, 0.5) is 0 Å². The van der Waals surface area contributed by atoms with Crippen molar-refractivity contribution < 1.29 is 9.59 Å². The minimum absolute atomic E-state index is 0.174. The van der Waals surface area contributed by atoms with Crippen molar-refractivity contribution in [3.8, 4) is 22.6 Å². The Morgan fingerprint density at radius 2 is 1.67 bits per heavy atom. The van der Waals surface area contributed by atoms with Gasteiger partial charge in [0.15, 0.2) is 5.78 Å². The molecule has 0 fully saturated rings. The zero-order chi connectivity index (χ0) is 22.7. The topological polar surface area (TPSA) is 102 Å². The molecule has 1 aliphatic rings. The van der Waals surface area contributed by atoms with Gasteiger partial charge < -0.3 is 4.57 Å². The molecule has 0 aliphatic heterocycles. The van der Waals surface area contributed by atoms with E-state index in [1.165, 1.54) is 4.68 Å². The van der Waals surface area contributed by atoms with Gasteiger partial charge in [0.1, 0.15) is 11.4 Å². The summed E-state index contributed by atoms with van der Waals surface area (Å²) in [6, 6.07) is 19.4. The molecule has 0 saturated carbocycles. The Kier molecular flexibility index (Phi) is 3.97. The zero-order valence-electron chi connectivity index (χ0n) is 17.5. The van der Waals surface area contributed by atoms with Gasteiger partial charge in [0.05, 0.1) is 17.0 Å². The highest BCUT2D eigenvalue weighted by Gasteiger charge is 2.33. The number of rotatable bonds is 3. The summed E-state index contributed by atoms with van der Waals surface area (Å²) >= 11 is 0. The molecule has 1 aliphatic carbocycles. The molecule has 160 valence electrons. The van der Waals surface area contributed by atoms with Crippen LogP contribution in [0.2, 0.25) is 0 Å². The molecule has 3 aromatic heterocycles. The van der Waals surface area contributed by atoms with Crippen LogP contribution in [0.15, 0.2) is 77.7 Å². The molecule has 6 rings (SSSR count). The van der Waals surface area contributed by atoms with Gasteiger partial charge in [-0.2, -0.15) is 5.10 Å². The van der Waals surface area contributed by atoms with Gasteiger partial charge in [0.2, 0.25) is 0 Å². The monoisotopic (exact) mass is 435 g/mol. The number of nitrogens with one attached hydrogen (secondary N) is 2. The predicted molar refractivity (Wildman–Crippen MR) is 124 cm³/mol. The Labute approximate surface area is 187 Å². The second-order valence-electron chi connectivity index (χ2n) is 7.90. The molecular weight excluding hydrogens is 418 g/mol. The zero-order valence-corrected chi connectivity index (χ0v) is 17.5. The normalized spacial score (nSPS) is 12.1. The van der Waals surface area contributed by atoms with Crippen LogP contribution in [-0.4, -0.2) is 31.1 Å². The van der Waals surface area contributed by atoms with Crippen molar-refractivity contribution in [2.24, 2.45) is 7.05 Å². The lowest BCUT2D eigenvalue weighted by Gasteiger charge is -2.15. The van der Waals surface area contributed by atoms with Crippen molar-refractivity contribution in [1.82, 2.24) is 19.4 Å². The third kappa shape index (κ3) is 2.71. The Balaban J connectivity index is 1.51. The maximum absolute atomic E-state index is 13.4. The van der Waals surface area contributed by atoms with E-state index in [0.717, 1.165) is 5.69 Å². The molecule has 0 bridgehead atoms. The molecule has 5 aromatic rings. The Bertz CT molecular complexity index is 1670. The summed E-state index contributed by atoms with van der Waals surface area (Å²) in [4.78, 5) is 39.8. The summed E-state index contributed by atoms with van der Waals surface area (Å²) < 4.78 is 3.06. The van der Waals surface area contributed by atoms with E-state index < -0.39 is 11.5 Å². The first-order chi connectivity index (χ1) is 16.0. The number of fused-ring (bicyclic) bond motifs is 5. The average Bonchev–Trinajstić information content (AvgIpc) is 3.55. The standard InChI is InChI=1S/C25H17N5O3/c1-29-12-6-11-20(29)18-13-19(27-26-18)24(32)28-30-22-15-8-3-4-9-16(15)23(31)21(22)14-7-2-5-10-17(14)25(30)33/h2-13H,1H3,(H,26,27)(H,28,32). The molecule has 0 spiro atoms. The quantitative estimate of drug-likeness (QED) is 0.445. The van der Waals surface area contributed by atoms with E-state index in [-0.39, 0.29) is 11.5 Å². The number of aryl methyl sites for hydroxylation is 1. The molecule has 8 nitrogen and oxygen atoms in total. The second-order valence-corrected chi connectivity index (χ2v) is 7.90. The molecule has 0 radical (unpaired) electrons. The first kappa shape index (κ1) is 19.0. The molecule has 1 amide bonds. The lowest BCUT2D eigenvalue weighted by Crippen LogP contribution is -2.35. The first-order valence-electron chi connectivity index (χ1n) is 10.3. The highest BCUT2D eigenvalue weighted by Crippen LogP contribution is 2.38. The maximum Gasteiger partial charge on any atom is 0.288 e. The van der Waals surface area contributed by atoms with Crippen LogP contribution in [0, 0.1) is 0 Å². The number of aromatic nitrogens is 4. The SMILES string of the molecule is Cn1cccc1-c1cc(C(=O)Nn2c3c(c4ccccc4c2=O)C(=O)c2ccccc2-3)[nH]n1. The third-order valence-corrected chi connectivity index (χ3v) is 5.99. The van der Waals surface area contributed by atoms with Crippen LogP contribution >= 0.6 is 0 Å². The van der Waals surface area contributed by atoms with E-state index in [0.29, 0.717) is 38.9 Å². The number of pyridine rings is 1. The highest BCUT2D eigenvalue weighted by atomic mass is 16.2. The van der Waals surface area contributed by atoms with E-state index in [1.54, 1.807) is 54.6 Å². The van der Waals surface area contributed by atoms with Crippen molar-refractivity contribution in [3.05, 3.63) is 100 Å². The van der Waals surface area contributed by atoms with Gasteiger partial charge in [-0.05, 0) is 24.3 Å². The van der Waals surface area contributed by atoms with Crippen LogP contribution < -0.4 is 11.0 Å². The van der Waals surface area contributed by atoms with Crippen molar-refractivity contribution in [1.29, 1.82) is 0 Å². The molecule has 33 heavy (non-hydrogen) atoms. The second kappa shape index (κ2) is 6.89. The highest BCUT2D eigenvalue weighted by molar-refractivity contribution is 6.26. The number of ketones is 1. The summed E-state index contributed by atoms with van der Waals surface area (Å²) in [7, 11) is 1.89. The summed E-state index contributed by atoms with van der Waals surface area (Å²) in [5, 5.41) is 7.88. The van der Waals surface area contributed by atoms with Crippen LogP contribution in [0.1, 0.15) is 26.4 Å². The smallest absolute Gasteiger partial charge is 0.288 e. The van der Waals surface area contributed by atoms with Gasteiger partial charge in [-0.3, -0.25) is 24.9 Å². The number of benzene rings is 2. The van der Waals surface area contributed by atoms with Crippen LogP contribution in [0.25, 0.3) is 33.4 Å². The molecule has 2 N–H and O–H groups in total. The summed E-state index contributed by atoms with van der Waals surface area (Å²) in [6.45, 7) is 0. The van der Waals surface area contributed by atoms with Crippen LogP contribution in [0.3, 0.4) is 0 Å². The number of nitrogens with zero attached hydrogens (tertiary/aromatic N) is 3. The fourth-order valence-corrected chi connectivity index (χ4v) is 4.42. The van der Waals surface area contributed by atoms with E-state index in [1.807, 2.05) is 29.9 Å². The average molecular weight is 435 g/mol. The molecule has 3 heterocycles. The van der Waals surface area contributed by atoms with Crippen molar-refractivity contribution in [2.75, 3.05) is 5.43 Å². The predicted octanol–water partition coefficient (Wildman–Crippen LogP) is 3.33. The number of H-pyrrole nitrogens is 1. The summed E-state index contributed by atoms with van der Waals surface area (Å²) in [5.41, 5.74) is 5.80. The molecule has 0 atom stereocenters. The number of aromatic amines is 1. The molecule has 2 aromatic carbocycles. The Morgan fingerprint density at radius 1 is 0.939 bits per heavy atom. The van der Waals surface area contributed by atoms with Gasteiger partial charge in [-0.25, -0.2) is 4.68 Å². The van der Waals surface area contributed by atoms with Crippen LogP contribution in [0.5, 0.6) is 0 Å². The number of hydrogen-bond donors (Lipinski definition) is 2. The van der Waals surface area contributed by atoms with Gasteiger partial charge in [0.25, 0.3) is 11.5 Å². The first-order valence-corrected chi connectivity index (χ1v) is 10.3. The minimum Gasteiger partial charge on any atom is -0.349 e. The number of hydrogen-bond acceptors (Lipinski definition) is 4. The van der Waals surface area contributed by atoms with Gasteiger partial charge in [0, 0.05) is 35.1 Å².